The third-order valence-corrected chi connectivity index (χ3v) is 3.36. The van der Waals surface area contributed by atoms with E-state index in [1.807, 2.05) is 25.1 Å². The van der Waals surface area contributed by atoms with Crippen LogP contribution in [-0.4, -0.2) is 7.11 Å². The maximum atomic E-state index is 6.11. The molecule has 0 saturated heterocycles. The van der Waals surface area contributed by atoms with Gasteiger partial charge in [-0.1, -0.05) is 29.3 Å². The van der Waals surface area contributed by atoms with Gasteiger partial charge in [-0.05, 0) is 31.2 Å². The van der Waals surface area contributed by atoms with Crippen LogP contribution in [0.15, 0.2) is 36.4 Å². The highest BCUT2D eigenvalue weighted by Gasteiger charge is 2.16. The summed E-state index contributed by atoms with van der Waals surface area (Å²) < 4.78 is 11.2. The van der Waals surface area contributed by atoms with E-state index in [0.717, 1.165) is 5.56 Å². The lowest BCUT2D eigenvalue weighted by atomic mass is 10.1. The van der Waals surface area contributed by atoms with Gasteiger partial charge in [-0.3, -0.25) is 0 Å². The van der Waals surface area contributed by atoms with Crippen molar-refractivity contribution >= 4 is 23.2 Å². The van der Waals surface area contributed by atoms with Crippen molar-refractivity contribution in [3.05, 3.63) is 52.0 Å². The van der Waals surface area contributed by atoms with Gasteiger partial charge in [0.15, 0.2) is 0 Å². The van der Waals surface area contributed by atoms with Crippen LogP contribution in [0.1, 0.15) is 18.5 Å². The summed E-state index contributed by atoms with van der Waals surface area (Å²) in [6, 6.07) is 10.3. The Labute approximate surface area is 128 Å². The summed E-state index contributed by atoms with van der Waals surface area (Å²) in [7, 11) is 1.59. The molecular weight excluding hydrogens is 297 g/mol. The van der Waals surface area contributed by atoms with Crippen LogP contribution in [0.5, 0.6) is 17.2 Å². The summed E-state index contributed by atoms with van der Waals surface area (Å²) in [4.78, 5) is 0. The first-order valence-electron chi connectivity index (χ1n) is 6.08. The van der Waals surface area contributed by atoms with Crippen LogP contribution in [0, 0.1) is 0 Å². The van der Waals surface area contributed by atoms with E-state index < -0.39 is 0 Å². The molecule has 0 aliphatic heterocycles. The second-order valence-electron chi connectivity index (χ2n) is 4.34. The van der Waals surface area contributed by atoms with Gasteiger partial charge in [0.2, 0.25) is 0 Å². The lowest BCUT2D eigenvalue weighted by Gasteiger charge is -2.17. The van der Waals surface area contributed by atoms with Gasteiger partial charge < -0.3 is 15.2 Å². The van der Waals surface area contributed by atoms with Crippen LogP contribution in [0.25, 0.3) is 0 Å². The predicted octanol–water partition coefficient (Wildman–Crippen LogP) is 4.81. The number of benzene rings is 2. The Morgan fingerprint density at radius 2 is 1.75 bits per heavy atom. The average Bonchev–Trinajstić information content (AvgIpc) is 2.42. The van der Waals surface area contributed by atoms with Gasteiger partial charge in [-0.2, -0.15) is 0 Å². The molecule has 3 nitrogen and oxygen atoms in total. The van der Waals surface area contributed by atoms with Gasteiger partial charge in [0.05, 0.1) is 17.7 Å². The highest BCUT2D eigenvalue weighted by atomic mass is 35.5. The van der Waals surface area contributed by atoms with Crippen molar-refractivity contribution in [1.29, 1.82) is 0 Å². The molecule has 2 rings (SSSR count). The van der Waals surface area contributed by atoms with E-state index in [-0.39, 0.29) is 6.04 Å². The maximum Gasteiger partial charge on any atom is 0.147 e. The Hall–Kier alpha value is -1.42. The number of rotatable bonds is 4. The molecule has 2 N–H and O–H groups in total. The largest absolute Gasteiger partial charge is 0.496 e. The van der Waals surface area contributed by atoms with Crippen LogP contribution >= 0.6 is 23.2 Å². The summed E-state index contributed by atoms with van der Waals surface area (Å²) in [6.07, 6.45) is 0. The molecule has 0 aliphatic rings. The monoisotopic (exact) mass is 311 g/mol. The highest BCUT2D eigenvalue weighted by molar-refractivity contribution is 6.34. The van der Waals surface area contributed by atoms with E-state index in [1.165, 1.54) is 0 Å². The quantitative estimate of drug-likeness (QED) is 0.880. The molecule has 2 aromatic rings. The van der Waals surface area contributed by atoms with Crippen molar-refractivity contribution in [3.8, 4) is 17.2 Å². The maximum absolute atomic E-state index is 6.11. The van der Waals surface area contributed by atoms with Crippen LogP contribution in [-0.2, 0) is 0 Å². The molecular formula is C15H15Cl2NO2. The minimum absolute atomic E-state index is 0.237. The molecule has 0 aromatic heterocycles. The molecule has 0 fully saturated rings. The van der Waals surface area contributed by atoms with E-state index in [4.69, 9.17) is 38.4 Å². The van der Waals surface area contributed by atoms with E-state index in [0.29, 0.717) is 27.3 Å². The molecule has 1 atom stereocenters. The average molecular weight is 312 g/mol. The lowest BCUT2D eigenvalue weighted by Crippen LogP contribution is -2.08. The van der Waals surface area contributed by atoms with Crippen molar-refractivity contribution in [2.75, 3.05) is 7.11 Å². The Morgan fingerprint density at radius 1 is 1.05 bits per heavy atom. The Kier molecular flexibility index (Phi) is 4.76. The van der Waals surface area contributed by atoms with Gasteiger partial charge in [-0.25, -0.2) is 0 Å². The molecule has 2 aromatic carbocycles. The number of methoxy groups -OCH3 is 1. The zero-order chi connectivity index (χ0) is 14.7. The predicted molar refractivity (Wildman–Crippen MR) is 82.1 cm³/mol. The third kappa shape index (κ3) is 3.18. The number of halogens is 2. The molecule has 0 bridgehead atoms. The molecule has 0 spiro atoms. The molecule has 0 heterocycles. The molecule has 0 saturated carbocycles. The fraction of sp³-hybridized carbons (Fsp3) is 0.200. The third-order valence-electron chi connectivity index (χ3n) is 2.81. The molecule has 106 valence electrons. The van der Waals surface area contributed by atoms with Crippen molar-refractivity contribution in [2.45, 2.75) is 13.0 Å². The summed E-state index contributed by atoms with van der Waals surface area (Å²) in [5.41, 5.74) is 6.78. The molecule has 0 amide bonds. The highest BCUT2D eigenvalue weighted by Crippen LogP contribution is 2.38. The minimum Gasteiger partial charge on any atom is -0.496 e. The normalized spacial score (nSPS) is 12.1. The van der Waals surface area contributed by atoms with E-state index >= 15 is 0 Å². The van der Waals surface area contributed by atoms with Crippen LogP contribution < -0.4 is 15.2 Å². The van der Waals surface area contributed by atoms with Crippen molar-refractivity contribution in [1.82, 2.24) is 0 Å². The molecule has 0 radical (unpaired) electrons. The second-order valence-corrected chi connectivity index (χ2v) is 5.18. The summed E-state index contributed by atoms with van der Waals surface area (Å²) in [5.74, 6) is 1.76. The first kappa shape index (κ1) is 15.0. The van der Waals surface area contributed by atoms with E-state index in [2.05, 4.69) is 0 Å². The van der Waals surface area contributed by atoms with Crippen LogP contribution in [0.2, 0.25) is 10.0 Å². The molecule has 20 heavy (non-hydrogen) atoms. The summed E-state index contributed by atoms with van der Waals surface area (Å²) >= 11 is 12.1. The van der Waals surface area contributed by atoms with Gasteiger partial charge in [0.25, 0.3) is 0 Å². The molecule has 1 unspecified atom stereocenters. The van der Waals surface area contributed by atoms with Crippen molar-refractivity contribution < 1.29 is 9.47 Å². The summed E-state index contributed by atoms with van der Waals surface area (Å²) in [6.45, 7) is 1.87. The SMILES string of the molecule is COc1cccc(Oc2cc(Cl)ccc2Cl)c1C(C)N. The summed E-state index contributed by atoms with van der Waals surface area (Å²) in [5, 5.41) is 1.03. The van der Waals surface area contributed by atoms with Crippen molar-refractivity contribution in [3.63, 3.8) is 0 Å². The van der Waals surface area contributed by atoms with Gasteiger partial charge >= 0.3 is 0 Å². The minimum atomic E-state index is -0.237. The fourth-order valence-electron chi connectivity index (χ4n) is 1.91. The van der Waals surface area contributed by atoms with Gasteiger partial charge in [0, 0.05) is 17.1 Å². The Balaban J connectivity index is 2.45. The first-order valence-corrected chi connectivity index (χ1v) is 6.84. The number of hydrogen-bond acceptors (Lipinski definition) is 3. The van der Waals surface area contributed by atoms with Gasteiger partial charge in [-0.15, -0.1) is 0 Å². The smallest absolute Gasteiger partial charge is 0.147 e. The zero-order valence-corrected chi connectivity index (χ0v) is 12.7. The number of nitrogens with two attached hydrogens (primary N) is 1. The second kappa shape index (κ2) is 6.35. The Bertz CT molecular complexity index is 615. The van der Waals surface area contributed by atoms with Crippen LogP contribution in [0.3, 0.4) is 0 Å². The zero-order valence-electron chi connectivity index (χ0n) is 11.2. The number of ether oxygens (including phenoxy) is 2. The molecule has 0 aliphatic carbocycles. The number of hydrogen-bond donors (Lipinski definition) is 1. The van der Waals surface area contributed by atoms with Crippen molar-refractivity contribution in [2.24, 2.45) is 5.73 Å². The topological polar surface area (TPSA) is 44.5 Å². The van der Waals surface area contributed by atoms with Crippen LogP contribution in [0.4, 0.5) is 0 Å². The lowest BCUT2D eigenvalue weighted by molar-refractivity contribution is 0.397. The van der Waals surface area contributed by atoms with E-state index in [1.54, 1.807) is 25.3 Å². The standard InChI is InChI=1S/C15H15Cl2NO2/c1-9(18)15-12(19-2)4-3-5-13(15)20-14-8-10(16)6-7-11(14)17/h3-9H,18H2,1-2H3. The molecule has 5 heteroatoms. The van der Waals surface area contributed by atoms with E-state index in [9.17, 15) is 0 Å². The Morgan fingerprint density at radius 3 is 2.40 bits per heavy atom. The first-order chi connectivity index (χ1) is 9.52. The van der Waals surface area contributed by atoms with Gasteiger partial charge in [0.1, 0.15) is 17.2 Å². The fourth-order valence-corrected chi connectivity index (χ4v) is 2.23.